The Bertz CT molecular complexity index is 626. The SMILES string of the molecule is O=C(CC(=O)O/C=C/c1ccccc1)O/C=C/c1ccccc1. The lowest BCUT2D eigenvalue weighted by molar-refractivity contribution is -0.148. The van der Waals surface area contributed by atoms with Crippen LogP contribution in [0.5, 0.6) is 0 Å². The highest BCUT2D eigenvalue weighted by molar-refractivity contribution is 5.91. The van der Waals surface area contributed by atoms with Gasteiger partial charge in [0.25, 0.3) is 0 Å². The maximum atomic E-state index is 11.5. The number of benzene rings is 2. The maximum Gasteiger partial charge on any atom is 0.321 e. The number of esters is 2. The molecular formula is C19H16O4. The maximum absolute atomic E-state index is 11.5. The molecule has 4 nitrogen and oxygen atoms in total. The Labute approximate surface area is 134 Å². The molecule has 0 aliphatic carbocycles. The topological polar surface area (TPSA) is 52.6 Å². The van der Waals surface area contributed by atoms with Crippen LogP contribution >= 0.6 is 0 Å². The first-order chi connectivity index (χ1) is 11.2. The lowest BCUT2D eigenvalue weighted by Crippen LogP contribution is -2.09. The van der Waals surface area contributed by atoms with Crippen molar-refractivity contribution in [2.24, 2.45) is 0 Å². The van der Waals surface area contributed by atoms with Gasteiger partial charge in [-0.1, -0.05) is 60.7 Å². The van der Waals surface area contributed by atoms with E-state index < -0.39 is 18.4 Å². The van der Waals surface area contributed by atoms with Gasteiger partial charge in [0.2, 0.25) is 0 Å². The van der Waals surface area contributed by atoms with E-state index in [1.54, 1.807) is 12.2 Å². The molecule has 0 saturated carbocycles. The van der Waals surface area contributed by atoms with E-state index in [0.29, 0.717) is 0 Å². The van der Waals surface area contributed by atoms with Crippen LogP contribution in [0.25, 0.3) is 12.2 Å². The van der Waals surface area contributed by atoms with Crippen LogP contribution in [0.2, 0.25) is 0 Å². The normalized spacial score (nSPS) is 10.8. The highest BCUT2D eigenvalue weighted by atomic mass is 16.5. The minimum Gasteiger partial charge on any atom is -0.434 e. The first kappa shape index (κ1) is 16.2. The van der Waals surface area contributed by atoms with Gasteiger partial charge in [-0.25, -0.2) is 0 Å². The number of carbonyl (C=O) groups excluding carboxylic acids is 2. The van der Waals surface area contributed by atoms with Crippen LogP contribution in [-0.2, 0) is 19.1 Å². The monoisotopic (exact) mass is 308 g/mol. The highest BCUT2D eigenvalue weighted by Gasteiger charge is 2.10. The molecule has 23 heavy (non-hydrogen) atoms. The van der Waals surface area contributed by atoms with E-state index in [1.807, 2.05) is 60.7 Å². The first-order valence-electron chi connectivity index (χ1n) is 7.06. The van der Waals surface area contributed by atoms with Crippen LogP contribution in [0.3, 0.4) is 0 Å². The van der Waals surface area contributed by atoms with Crippen molar-refractivity contribution in [3.05, 3.63) is 84.3 Å². The molecule has 0 heterocycles. The molecule has 4 heteroatoms. The van der Waals surface area contributed by atoms with Gasteiger partial charge in [-0.05, 0) is 23.3 Å². The Balaban J connectivity index is 1.71. The summed E-state index contributed by atoms with van der Waals surface area (Å²) in [5.74, 6) is -1.34. The Kier molecular flexibility index (Phi) is 6.35. The summed E-state index contributed by atoms with van der Waals surface area (Å²) in [5.41, 5.74) is 1.79. The number of ether oxygens (including phenoxy) is 2. The molecule has 0 aliphatic heterocycles. The molecular weight excluding hydrogens is 292 g/mol. The fourth-order valence-corrected chi connectivity index (χ4v) is 1.71. The van der Waals surface area contributed by atoms with E-state index >= 15 is 0 Å². The van der Waals surface area contributed by atoms with E-state index in [2.05, 4.69) is 0 Å². The molecule has 2 aromatic rings. The Hall–Kier alpha value is -3.14. The minimum absolute atomic E-state index is 0.446. The van der Waals surface area contributed by atoms with Gasteiger partial charge < -0.3 is 9.47 Å². The van der Waals surface area contributed by atoms with E-state index in [4.69, 9.17) is 9.47 Å². The van der Waals surface area contributed by atoms with E-state index in [0.717, 1.165) is 11.1 Å². The average Bonchev–Trinajstić information content (AvgIpc) is 2.57. The molecule has 0 aromatic heterocycles. The van der Waals surface area contributed by atoms with Crippen molar-refractivity contribution in [3.8, 4) is 0 Å². The van der Waals surface area contributed by atoms with E-state index in [9.17, 15) is 9.59 Å². The number of hydrogen-bond acceptors (Lipinski definition) is 4. The van der Waals surface area contributed by atoms with Crippen molar-refractivity contribution in [3.63, 3.8) is 0 Å². The summed E-state index contributed by atoms with van der Waals surface area (Å²) in [5, 5.41) is 0. The standard InChI is InChI=1S/C19H16O4/c20-18(22-13-11-16-7-3-1-4-8-16)15-19(21)23-14-12-17-9-5-2-6-10-17/h1-14H,15H2/b13-11+,14-12+. The largest absolute Gasteiger partial charge is 0.434 e. The van der Waals surface area contributed by atoms with Gasteiger partial charge >= 0.3 is 11.9 Å². The number of hydrogen-bond donors (Lipinski definition) is 0. The fraction of sp³-hybridized carbons (Fsp3) is 0.0526. The second kappa shape index (κ2) is 9.00. The van der Waals surface area contributed by atoms with Gasteiger partial charge in [0.1, 0.15) is 6.42 Å². The summed E-state index contributed by atoms with van der Waals surface area (Å²) in [4.78, 5) is 23.0. The molecule has 0 amide bonds. The van der Waals surface area contributed by atoms with Gasteiger partial charge in [0.05, 0.1) is 12.5 Å². The molecule has 0 saturated heterocycles. The van der Waals surface area contributed by atoms with Crippen molar-refractivity contribution in [2.75, 3.05) is 0 Å². The minimum atomic E-state index is -0.671. The summed E-state index contributed by atoms with van der Waals surface area (Å²) in [6, 6.07) is 18.7. The summed E-state index contributed by atoms with van der Waals surface area (Å²) in [7, 11) is 0. The van der Waals surface area contributed by atoms with Crippen molar-refractivity contribution in [2.45, 2.75) is 6.42 Å². The predicted molar refractivity (Wildman–Crippen MR) is 87.8 cm³/mol. The van der Waals surface area contributed by atoms with Crippen LogP contribution in [0.15, 0.2) is 73.2 Å². The average molecular weight is 308 g/mol. The summed E-state index contributed by atoms with van der Waals surface area (Å²) >= 11 is 0. The fourth-order valence-electron chi connectivity index (χ4n) is 1.71. The summed E-state index contributed by atoms with van der Waals surface area (Å²) in [6.07, 6.45) is 5.34. The zero-order chi connectivity index (χ0) is 16.3. The molecule has 0 unspecified atom stereocenters. The van der Waals surface area contributed by atoms with Crippen molar-refractivity contribution in [1.82, 2.24) is 0 Å². The molecule has 0 bridgehead atoms. The smallest absolute Gasteiger partial charge is 0.321 e. The Morgan fingerprint density at radius 2 is 1.09 bits per heavy atom. The van der Waals surface area contributed by atoms with Crippen molar-refractivity contribution in [1.29, 1.82) is 0 Å². The van der Waals surface area contributed by atoms with E-state index in [1.165, 1.54) is 12.5 Å². The first-order valence-corrected chi connectivity index (χ1v) is 7.06. The Morgan fingerprint density at radius 1 is 0.696 bits per heavy atom. The van der Waals surface area contributed by atoms with Crippen molar-refractivity contribution < 1.29 is 19.1 Å². The third-order valence-corrected chi connectivity index (χ3v) is 2.81. The summed E-state index contributed by atoms with van der Waals surface area (Å²) < 4.78 is 9.67. The zero-order valence-electron chi connectivity index (χ0n) is 12.4. The highest BCUT2D eigenvalue weighted by Crippen LogP contribution is 2.03. The molecule has 0 fully saturated rings. The quantitative estimate of drug-likeness (QED) is 0.462. The van der Waals surface area contributed by atoms with Crippen LogP contribution in [-0.4, -0.2) is 11.9 Å². The third-order valence-electron chi connectivity index (χ3n) is 2.81. The molecule has 2 rings (SSSR count). The van der Waals surface area contributed by atoms with Crippen molar-refractivity contribution >= 4 is 24.1 Å². The predicted octanol–water partition coefficient (Wildman–Crippen LogP) is 3.80. The Morgan fingerprint density at radius 3 is 1.48 bits per heavy atom. The molecule has 0 spiro atoms. The molecule has 0 atom stereocenters. The second-order valence-electron chi connectivity index (χ2n) is 4.58. The molecule has 0 aliphatic rings. The summed E-state index contributed by atoms with van der Waals surface area (Å²) in [6.45, 7) is 0. The molecule has 0 N–H and O–H groups in total. The number of carbonyl (C=O) groups is 2. The van der Waals surface area contributed by atoms with Gasteiger partial charge in [0.15, 0.2) is 0 Å². The second-order valence-corrected chi connectivity index (χ2v) is 4.58. The van der Waals surface area contributed by atoms with Gasteiger partial charge in [0, 0.05) is 0 Å². The van der Waals surface area contributed by atoms with Gasteiger partial charge in [-0.3, -0.25) is 9.59 Å². The van der Waals surface area contributed by atoms with Gasteiger partial charge in [-0.15, -0.1) is 0 Å². The number of rotatable bonds is 6. The lowest BCUT2D eigenvalue weighted by atomic mass is 10.2. The zero-order valence-corrected chi connectivity index (χ0v) is 12.4. The van der Waals surface area contributed by atoms with Crippen LogP contribution in [0, 0.1) is 0 Å². The van der Waals surface area contributed by atoms with E-state index in [-0.39, 0.29) is 0 Å². The van der Waals surface area contributed by atoms with Crippen LogP contribution in [0.1, 0.15) is 17.5 Å². The van der Waals surface area contributed by atoms with Crippen LogP contribution in [0.4, 0.5) is 0 Å². The molecule has 2 aromatic carbocycles. The van der Waals surface area contributed by atoms with Crippen LogP contribution < -0.4 is 0 Å². The molecule has 0 radical (unpaired) electrons. The molecule has 116 valence electrons. The van der Waals surface area contributed by atoms with Gasteiger partial charge in [-0.2, -0.15) is 0 Å². The third kappa shape index (κ3) is 6.44. The lowest BCUT2D eigenvalue weighted by Gasteiger charge is -1.99.